The quantitative estimate of drug-likeness (QED) is 0.471. The zero-order chi connectivity index (χ0) is 10.8. The Kier molecular flexibility index (Phi) is 7.00. The summed E-state index contributed by atoms with van der Waals surface area (Å²) in [6, 6.07) is 0. The van der Waals surface area contributed by atoms with Gasteiger partial charge >= 0.3 is 29.6 Å². The van der Waals surface area contributed by atoms with Gasteiger partial charge in [0.05, 0.1) is 10.1 Å². The Bertz CT molecular complexity index is 266. The van der Waals surface area contributed by atoms with Gasteiger partial charge in [-0.15, -0.1) is 0 Å². The number of rotatable bonds is 3. The van der Waals surface area contributed by atoms with Crippen LogP contribution in [0.5, 0.6) is 0 Å². The fraction of sp³-hybridized carbons (Fsp3) is 1.00. The Morgan fingerprint density at radius 2 is 1.67 bits per heavy atom. The summed E-state index contributed by atoms with van der Waals surface area (Å²) in [5, 5.41) is 0. The topological polar surface area (TPSA) is 57.2 Å². The predicted octanol–water partition coefficient (Wildman–Crippen LogP) is -1.00. The molecule has 84 valence electrons. The van der Waals surface area contributed by atoms with E-state index in [1.807, 2.05) is 0 Å². The Morgan fingerprint density at radius 1 is 1.20 bits per heavy atom. The van der Waals surface area contributed by atoms with E-state index in [1.165, 1.54) is 0 Å². The maximum absolute atomic E-state index is 10.6. The molecule has 0 radical (unpaired) electrons. The average Bonchev–Trinajstić information content (AvgIpc) is 2.02. The molecule has 0 heterocycles. The third kappa shape index (κ3) is 6.27. The molecule has 3 nitrogen and oxygen atoms in total. The van der Waals surface area contributed by atoms with Crippen molar-refractivity contribution < 1.29 is 42.5 Å². The monoisotopic (exact) mass is 242 g/mol. The third-order valence-electron chi connectivity index (χ3n) is 3.27. The zero-order valence-corrected chi connectivity index (χ0v) is 12.7. The van der Waals surface area contributed by atoms with Crippen molar-refractivity contribution >= 4 is 10.1 Å². The standard InChI is InChI=1S/C10H20O3S.Na/c1-8(2)10-5-3-9(4-6-10)7-14(11,12)13;/h8-10H,3-7H2,1-2H3,(H,11,12,13);/q;+1/p-1. The molecule has 0 unspecified atom stereocenters. The summed E-state index contributed by atoms with van der Waals surface area (Å²) >= 11 is 0. The van der Waals surface area contributed by atoms with Gasteiger partial charge in [0.1, 0.15) is 0 Å². The van der Waals surface area contributed by atoms with Crippen LogP contribution in [0.25, 0.3) is 0 Å². The van der Waals surface area contributed by atoms with Crippen molar-refractivity contribution in [3.63, 3.8) is 0 Å². The van der Waals surface area contributed by atoms with Crippen LogP contribution >= 0.6 is 0 Å². The van der Waals surface area contributed by atoms with Gasteiger partial charge in [-0.05, 0) is 43.4 Å². The van der Waals surface area contributed by atoms with E-state index in [2.05, 4.69) is 13.8 Å². The smallest absolute Gasteiger partial charge is 0.748 e. The minimum atomic E-state index is -4.01. The summed E-state index contributed by atoms with van der Waals surface area (Å²) in [5.41, 5.74) is 0. The van der Waals surface area contributed by atoms with Gasteiger partial charge in [0.2, 0.25) is 0 Å². The molecule has 0 N–H and O–H groups in total. The van der Waals surface area contributed by atoms with Crippen molar-refractivity contribution in [1.82, 2.24) is 0 Å². The maximum atomic E-state index is 10.6. The summed E-state index contributed by atoms with van der Waals surface area (Å²) in [6.45, 7) is 4.41. The van der Waals surface area contributed by atoms with E-state index in [-0.39, 0.29) is 41.2 Å². The molecular formula is C10H19NaO3S. The van der Waals surface area contributed by atoms with Gasteiger partial charge in [0, 0.05) is 5.75 Å². The van der Waals surface area contributed by atoms with E-state index in [9.17, 15) is 13.0 Å². The van der Waals surface area contributed by atoms with Crippen LogP contribution in [-0.2, 0) is 10.1 Å². The van der Waals surface area contributed by atoms with Crippen molar-refractivity contribution in [3.05, 3.63) is 0 Å². The van der Waals surface area contributed by atoms with Crippen LogP contribution in [0.4, 0.5) is 0 Å². The molecule has 0 amide bonds. The number of hydrogen-bond donors (Lipinski definition) is 0. The van der Waals surface area contributed by atoms with Crippen LogP contribution in [-0.4, -0.2) is 18.7 Å². The van der Waals surface area contributed by atoms with Crippen molar-refractivity contribution in [2.24, 2.45) is 17.8 Å². The largest absolute Gasteiger partial charge is 1.00 e. The predicted molar refractivity (Wildman–Crippen MR) is 54.9 cm³/mol. The molecule has 1 saturated carbocycles. The van der Waals surface area contributed by atoms with Gasteiger partial charge in [-0.25, -0.2) is 8.42 Å². The zero-order valence-electron chi connectivity index (χ0n) is 9.90. The van der Waals surface area contributed by atoms with Gasteiger partial charge in [-0.3, -0.25) is 0 Å². The molecule has 0 spiro atoms. The van der Waals surface area contributed by atoms with Crippen LogP contribution in [0.15, 0.2) is 0 Å². The fourth-order valence-corrected chi connectivity index (χ4v) is 3.22. The molecule has 1 fully saturated rings. The van der Waals surface area contributed by atoms with E-state index < -0.39 is 10.1 Å². The molecule has 0 aromatic heterocycles. The molecule has 15 heavy (non-hydrogen) atoms. The summed E-state index contributed by atoms with van der Waals surface area (Å²) in [5.74, 6) is 1.37. The Labute approximate surface area is 115 Å². The normalized spacial score (nSPS) is 27.5. The molecule has 5 heteroatoms. The van der Waals surface area contributed by atoms with Crippen molar-refractivity contribution in [1.29, 1.82) is 0 Å². The molecule has 1 rings (SSSR count). The summed E-state index contributed by atoms with van der Waals surface area (Å²) < 4.78 is 31.7. The van der Waals surface area contributed by atoms with Gasteiger partial charge < -0.3 is 4.55 Å². The minimum Gasteiger partial charge on any atom is -0.748 e. The molecule has 1 aliphatic carbocycles. The first-order valence-electron chi connectivity index (χ1n) is 5.32. The summed E-state index contributed by atoms with van der Waals surface area (Å²) in [7, 11) is -4.01. The number of hydrogen-bond acceptors (Lipinski definition) is 3. The molecule has 0 bridgehead atoms. The fourth-order valence-electron chi connectivity index (χ4n) is 2.31. The van der Waals surface area contributed by atoms with E-state index in [1.54, 1.807) is 0 Å². The SMILES string of the molecule is CC(C)C1CCC(CS(=O)(=O)[O-])CC1.[Na+]. The van der Waals surface area contributed by atoms with Crippen molar-refractivity contribution in [3.8, 4) is 0 Å². The van der Waals surface area contributed by atoms with E-state index >= 15 is 0 Å². The van der Waals surface area contributed by atoms with E-state index in [0.717, 1.165) is 31.6 Å². The molecule has 0 aromatic rings. The van der Waals surface area contributed by atoms with E-state index in [4.69, 9.17) is 0 Å². The van der Waals surface area contributed by atoms with Crippen LogP contribution < -0.4 is 29.6 Å². The molecule has 0 aliphatic heterocycles. The van der Waals surface area contributed by atoms with E-state index in [0.29, 0.717) is 5.92 Å². The summed E-state index contributed by atoms with van der Waals surface area (Å²) in [4.78, 5) is 0. The second-order valence-corrected chi connectivity index (χ2v) is 6.20. The second kappa shape index (κ2) is 6.60. The van der Waals surface area contributed by atoms with Gasteiger partial charge in [0.15, 0.2) is 0 Å². The molecule has 0 aromatic carbocycles. The average molecular weight is 242 g/mol. The van der Waals surface area contributed by atoms with Crippen LogP contribution in [0.3, 0.4) is 0 Å². The van der Waals surface area contributed by atoms with Crippen molar-refractivity contribution in [2.75, 3.05) is 5.75 Å². The first-order chi connectivity index (χ1) is 6.38. The van der Waals surface area contributed by atoms with Gasteiger partial charge in [-0.2, -0.15) is 0 Å². The maximum Gasteiger partial charge on any atom is 1.00 e. The Balaban J connectivity index is 0.00000196. The van der Waals surface area contributed by atoms with Gasteiger partial charge in [0.25, 0.3) is 0 Å². The van der Waals surface area contributed by atoms with Crippen LogP contribution in [0.1, 0.15) is 39.5 Å². The Morgan fingerprint density at radius 3 is 2.00 bits per heavy atom. The van der Waals surface area contributed by atoms with Crippen LogP contribution in [0, 0.1) is 17.8 Å². The van der Waals surface area contributed by atoms with Crippen molar-refractivity contribution in [2.45, 2.75) is 39.5 Å². The minimum absolute atomic E-state index is 0. The first kappa shape index (κ1) is 15.9. The summed E-state index contributed by atoms with van der Waals surface area (Å²) in [6.07, 6.45) is 3.98. The molecular weight excluding hydrogens is 223 g/mol. The molecule has 0 saturated heterocycles. The first-order valence-corrected chi connectivity index (χ1v) is 6.90. The van der Waals surface area contributed by atoms with Gasteiger partial charge in [-0.1, -0.05) is 13.8 Å². The molecule has 1 aliphatic rings. The second-order valence-electron chi connectivity index (χ2n) is 4.75. The third-order valence-corrected chi connectivity index (χ3v) is 4.15. The molecule has 0 atom stereocenters. The Hall–Kier alpha value is 0.910. The van der Waals surface area contributed by atoms with Crippen LogP contribution in [0.2, 0.25) is 0 Å².